The summed E-state index contributed by atoms with van der Waals surface area (Å²) >= 11 is 0. The summed E-state index contributed by atoms with van der Waals surface area (Å²) in [4.78, 5) is 11.6. The van der Waals surface area contributed by atoms with Crippen molar-refractivity contribution in [1.29, 1.82) is 0 Å². The Bertz CT molecular complexity index is 1030. The lowest BCUT2D eigenvalue weighted by molar-refractivity contribution is 0.447. The minimum Gasteiger partial charge on any atom is -0.744 e. The lowest BCUT2D eigenvalue weighted by Crippen LogP contribution is -2.05. The van der Waals surface area contributed by atoms with Gasteiger partial charge in [-0.25, -0.2) is 8.42 Å². The molecule has 7 heteroatoms. The molecule has 3 aromatic rings. The summed E-state index contributed by atoms with van der Waals surface area (Å²) in [5.74, 6) is -1.09. The van der Waals surface area contributed by atoms with Gasteiger partial charge in [-0.05, 0) is 24.3 Å². The van der Waals surface area contributed by atoms with Crippen LogP contribution in [-0.2, 0) is 10.1 Å². The Balaban J connectivity index is 2.43. The first-order valence-corrected chi connectivity index (χ1v) is 7.60. The van der Waals surface area contributed by atoms with Crippen molar-refractivity contribution >= 4 is 21.1 Å². The number of aromatic hydroxyl groups is 1. The Kier molecular flexibility index (Phi) is 3.23. The first-order valence-electron chi connectivity index (χ1n) is 6.19. The average Bonchev–Trinajstić information content (AvgIpc) is 2.50. The van der Waals surface area contributed by atoms with Gasteiger partial charge >= 0.3 is 0 Å². The molecule has 0 bridgehead atoms. The topological polar surface area (TPSA) is 108 Å². The minimum absolute atomic E-state index is 0.155. The van der Waals surface area contributed by atoms with Crippen LogP contribution in [0.1, 0.15) is 0 Å². The number of fused-ring (bicyclic) bond motifs is 1. The first-order chi connectivity index (χ1) is 10.4. The number of benzene rings is 2. The van der Waals surface area contributed by atoms with E-state index in [0.717, 1.165) is 6.07 Å². The fourth-order valence-corrected chi connectivity index (χ4v) is 2.86. The maximum absolute atomic E-state index is 12.1. The second kappa shape index (κ2) is 4.97. The first kappa shape index (κ1) is 14.3. The van der Waals surface area contributed by atoms with Crippen LogP contribution in [0.25, 0.3) is 22.3 Å². The van der Waals surface area contributed by atoms with Crippen LogP contribution in [0.3, 0.4) is 0 Å². The molecular formula is C15H9O6S-. The van der Waals surface area contributed by atoms with Crippen molar-refractivity contribution in [2.75, 3.05) is 0 Å². The van der Waals surface area contributed by atoms with Crippen LogP contribution < -0.4 is 5.43 Å². The second-order valence-electron chi connectivity index (χ2n) is 4.56. The Morgan fingerprint density at radius 2 is 1.64 bits per heavy atom. The van der Waals surface area contributed by atoms with E-state index in [1.165, 1.54) is 30.3 Å². The largest absolute Gasteiger partial charge is 0.744 e. The molecule has 1 N–H and O–H groups in total. The summed E-state index contributed by atoms with van der Waals surface area (Å²) in [5.41, 5.74) is -0.675. The highest BCUT2D eigenvalue weighted by molar-refractivity contribution is 7.85. The van der Waals surface area contributed by atoms with Gasteiger partial charge in [-0.2, -0.15) is 0 Å². The van der Waals surface area contributed by atoms with Gasteiger partial charge in [0, 0.05) is 5.56 Å². The summed E-state index contributed by atoms with van der Waals surface area (Å²) in [5, 5.41) is 10.2. The van der Waals surface area contributed by atoms with Crippen molar-refractivity contribution in [3.05, 3.63) is 58.8 Å². The highest BCUT2D eigenvalue weighted by atomic mass is 32.2. The third-order valence-corrected chi connectivity index (χ3v) is 4.07. The molecule has 22 heavy (non-hydrogen) atoms. The van der Waals surface area contributed by atoms with Crippen LogP contribution in [0.5, 0.6) is 5.75 Å². The van der Waals surface area contributed by atoms with E-state index in [-0.39, 0.29) is 22.3 Å². The molecule has 6 nitrogen and oxygen atoms in total. The predicted molar refractivity (Wildman–Crippen MR) is 77.5 cm³/mol. The number of hydrogen-bond donors (Lipinski definition) is 1. The third-order valence-electron chi connectivity index (χ3n) is 3.17. The third kappa shape index (κ3) is 2.26. The molecule has 0 radical (unpaired) electrons. The molecule has 1 aromatic heterocycles. The summed E-state index contributed by atoms with van der Waals surface area (Å²) in [7, 11) is -4.79. The molecule has 0 aliphatic heterocycles. The van der Waals surface area contributed by atoms with Crippen LogP contribution >= 0.6 is 0 Å². The molecule has 0 aliphatic rings. The average molecular weight is 317 g/mol. The van der Waals surface area contributed by atoms with Crippen molar-refractivity contribution in [2.45, 2.75) is 4.90 Å². The Morgan fingerprint density at radius 3 is 2.36 bits per heavy atom. The van der Waals surface area contributed by atoms with Gasteiger partial charge in [-0.3, -0.25) is 4.79 Å². The molecule has 0 amide bonds. The standard InChI is InChI=1S/C15H10O6S/c16-13-9-5-1-3-7-11(9)21-15(14(13)17)10-6-2-4-8-12(10)22(18,19)20/h1-8,17H,(H,18,19,20)/p-1. The minimum atomic E-state index is -4.79. The van der Waals surface area contributed by atoms with E-state index in [0.29, 0.717) is 0 Å². The summed E-state index contributed by atoms with van der Waals surface area (Å²) in [6.07, 6.45) is 0. The zero-order valence-corrected chi connectivity index (χ0v) is 11.8. The Morgan fingerprint density at radius 1 is 1.00 bits per heavy atom. The lowest BCUT2D eigenvalue weighted by Gasteiger charge is -2.13. The zero-order valence-electron chi connectivity index (χ0n) is 11.0. The molecule has 3 rings (SSSR count). The molecule has 0 spiro atoms. The predicted octanol–water partition coefficient (Wildman–Crippen LogP) is 2.07. The quantitative estimate of drug-likeness (QED) is 0.725. The van der Waals surface area contributed by atoms with Crippen LogP contribution in [0.15, 0.2) is 62.6 Å². The van der Waals surface area contributed by atoms with Gasteiger partial charge in [0.1, 0.15) is 15.7 Å². The van der Waals surface area contributed by atoms with Crippen molar-refractivity contribution in [2.24, 2.45) is 0 Å². The SMILES string of the molecule is O=c1c(O)c(-c2ccccc2S(=O)(=O)[O-])oc2ccccc12. The van der Waals surface area contributed by atoms with Gasteiger partial charge in [-0.1, -0.05) is 24.3 Å². The van der Waals surface area contributed by atoms with E-state index in [1.807, 2.05) is 0 Å². The normalized spacial score (nSPS) is 11.7. The van der Waals surface area contributed by atoms with E-state index >= 15 is 0 Å². The Hall–Kier alpha value is -2.64. The Labute approximate surface area is 125 Å². The van der Waals surface area contributed by atoms with Crippen molar-refractivity contribution in [1.82, 2.24) is 0 Å². The second-order valence-corrected chi connectivity index (χ2v) is 5.90. The van der Waals surface area contributed by atoms with E-state index in [4.69, 9.17) is 4.42 Å². The summed E-state index contributed by atoms with van der Waals surface area (Å²) in [6.45, 7) is 0. The fraction of sp³-hybridized carbons (Fsp3) is 0. The van der Waals surface area contributed by atoms with Crippen LogP contribution in [0.2, 0.25) is 0 Å². The number of para-hydroxylation sites is 1. The summed E-state index contributed by atoms with van der Waals surface area (Å²) in [6, 6.07) is 11.4. The van der Waals surface area contributed by atoms with Gasteiger partial charge in [0.15, 0.2) is 5.76 Å². The van der Waals surface area contributed by atoms with Crippen molar-refractivity contribution < 1.29 is 22.5 Å². The molecule has 0 fully saturated rings. The maximum atomic E-state index is 12.1. The van der Waals surface area contributed by atoms with Crippen LogP contribution in [0, 0.1) is 0 Å². The van der Waals surface area contributed by atoms with Crippen LogP contribution in [-0.4, -0.2) is 18.1 Å². The fourth-order valence-electron chi connectivity index (χ4n) is 2.19. The number of hydrogen-bond acceptors (Lipinski definition) is 6. The molecule has 0 saturated carbocycles. The molecule has 0 atom stereocenters. The van der Waals surface area contributed by atoms with Crippen molar-refractivity contribution in [3.63, 3.8) is 0 Å². The van der Waals surface area contributed by atoms with Gasteiger partial charge in [-0.15, -0.1) is 0 Å². The molecule has 2 aromatic carbocycles. The van der Waals surface area contributed by atoms with Gasteiger partial charge in [0.05, 0.1) is 10.3 Å². The van der Waals surface area contributed by atoms with Gasteiger partial charge in [0.25, 0.3) is 0 Å². The van der Waals surface area contributed by atoms with Gasteiger partial charge < -0.3 is 14.1 Å². The highest BCUT2D eigenvalue weighted by Crippen LogP contribution is 2.33. The number of rotatable bonds is 2. The highest BCUT2D eigenvalue weighted by Gasteiger charge is 2.19. The molecule has 0 saturated heterocycles. The van der Waals surface area contributed by atoms with E-state index in [1.54, 1.807) is 12.1 Å². The molecule has 1 heterocycles. The smallest absolute Gasteiger partial charge is 0.235 e. The van der Waals surface area contributed by atoms with Crippen LogP contribution in [0.4, 0.5) is 0 Å². The molecule has 112 valence electrons. The van der Waals surface area contributed by atoms with Crippen molar-refractivity contribution in [3.8, 4) is 17.1 Å². The van der Waals surface area contributed by atoms with Gasteiger partial charge in [0.2, 0.25) is 11.2 Å². The maximum Gasteiger partial charge on any atom is 0.235 e. The summed E-state index contributed by atoms with van der Waals surface area (Å²) < 4.78 is 39.4. The van der Waals surface area contributed by atoms with E-state index < -0.39 is 26.2 Å². The lowest BCUT2D eigenvalue weighted by atomic mass is 10.1. The zero-order chi connectivity index (χ0) is 15.9. The van der Waals surface area contributed by atoms with E-state index in [2.05, 4.69) is 0 Å². The molecular weight excluding hydrogens is 308 g/mol. The molecule has 0 aliphatic carbocycles. The monoisotopic (exact) mass is 317 g/mol. The molecule has 0 unspecified atom stereocenters. The van der Waals surface area contributed by atoms with E-state index in [9.17, 15) is 22.9 Å².